The lowest BCUT2D eigenvalue weighted by molar-refractivity contribution is -0.00558. The summed E-state index contributed by atoms with van der Waals surface area (Å²) in [4.78, 5) is 26.9. The maximum Gasteiger partial charge on any atom is 0.289 e. The number of furan rings is 1. The number of hydrogen-bond acceptors (Lipinski definition) is 6. The first kappa shape index (κ1) is 19.8. The molecule has 5 rings (SSSR count). The molecule has 2 aromatic heterocycles. The Bertz CT molecular complexity index is 1060. The lowest BCUT2D eigenvalue weighted by atomic mass is 10.0. The van der Waals surface area contributed by atoms with Gasteiger partial charge in [-0.25, -0.2) is 9.97 Å². The zero-order valence-corrected chi connectivity index (χ0v) is 17.8. The summed E-state index contributed by atoms with van der Waals surface area (Å²) < 4.78 is 11.3. The Morgan fingerprint density at radius 1 is 1.03 bits per heavy atom. The molecule has 1 fully saturated rings. The molecule has 3 aromatic rings. The van der Waals surface area contributed by atoms with Crippen molar-refractivity contribution in [3.05, 3.63) is 65.7 Å². The highest BCUT2D eigenvalue weighted by molar-refractivity contribution is 5.91. The lowest BCUT2D eigenvalue weighted by Gasteiger charge is -2.38. The van der Waals surface area contributed by atoms with E-state index in [0.29, 0.717) is 25.3 Å². The summed E-state index contributed by atoms with van der Waals surface area (Å²) in [5.41, 5.74) is 3.03. The number of carbonyl (C=O) groups excluding carboxylic acids is 1. The number of nitrogens with zero attached hydrogens (tertiary/aromatic N) is 4. The highest BCUT2D eigenvalue weighted by Gasteiger charge is 2.31. The van der Waals surface area contributed by atoms with Gasteiger partial charge in [-0.15, -0.1) is 0 Å². The second-order valence-corrected chi connectivity index (χ2v) is 8.28. The highest BCUT2D eigenvalue weighted by atomic mass is 16.5. The summed E-state index contributed by atoms with van der Waals surface area (Å²) in [6, 6.07) is 13.5. The van der Waals surface area contributed by atoms with Crippen molar-refractivity contribution >= 4 is 11.7 Å². The van der Waals surface area contributed by atoms with E-state index in [4.69, 9.17) is 19.1 Å². The van der Waals surface area contributed by atoms with Gasteiger partial charge in [0.1, 0.15) is 5.82 Å². The molecule has 0 N–H and O–H groups in total. The maximum atomic E-state index is 12.9. The predicted molar refractivity (Wildman–Crippen MR) is 117 cm³/mol. The molecule has 0 saturated carbocycles. The quantitative estimate of drug-likeness (QED) is 0.648. The van der Waals surface area contributed by atoms with Crippen molar-refractivity contribution < 1.29 is 13.9 Å². The van der Waals surface area contributed by atoms with Crippen LogP contribution in [0.4, 0.5) is 5.82 Å². The fraction of sp³-hybridized carbons (Fsp3) is 0.375. The van der Waals surface area contributed by atoms with Crippen molar-refractivity contribution in [2.75, 3.05) is 24.5 Å². The number of morpholine rings is 1. The van der Waals surface area contributed by atoms with Gasteiger partial charge in [-0.2, -0.15) is 0 Å². The molecular weight excluding hydrogens is 392 g/mol. The van der Waals surface area contributed by atoms with Crippen LogP contribution in [0.2, 0.25) is 0 Å². The van der Waals surface area contributed by atoms with Crippen LogP contribution in [0.1, 0.15) is 35.7 Å². The van der Waals surface area contributed by atoms with E-state index in [0.717, 1.165) is 41.6 Å². The van der Waals surface area contributed by atoms with E-state index in [2.05, 4.69) is 18.7 Å². The third-order valence-corrected chi connectivity index (χ3v) is 5.81. The van der Waals surface area contributed by atoms with Crippen molar-refractivity contribution in [1.29, 1.82) is 0 Å². The average molecular weight is 418 g/mol. The van der Waals surface area contributed by atoms with Gasteiger partial charge in [0.05, 0.1) is 30.7 Å². The minimum Gasteiger partial charge on any atom is -0.459 e. The van der Waals surface area contributed by atoms with Crippen LogP contribution in [0, 0.1) is 0 Å². The smallest absolute Gasteiger partial charge is 0.289 e. The molecule has 0 bridgehead atoms. The lowest BCUT2D eigenvalue weighted by Crippen LogP contribution is -2.47. The third kappa shape index (κ3) is 3.93. The topological polar surface area (TPSA) is 71.7 Å². The molecule has 0 radical (unpaired) electrons. The molecular formula is C24H26N4O3. The van der Waals surface area contributed by atoms with Gasteiger partial charge in [0.25, 0.3) is 5.91 Å². The summed E-state index contributed by atoms with van der Waals surface area (Å²) >= 11 is 0. The van der Waals surface area contributed by atoms with Crippen molar-refractivity contribution in [2.45, 2.75) is 39.0 Å². The highest BCUT2D eigenvalue weighted by Crippen LogP contribution is 2.32. The van der Waals surface area contributed by atoms with Crippen LogP contribution in [0.15, 0.2) is 53.1 Å². The SMILES string of the molecule is CC1CN(c2nc(-c3ccccc3)nc3c2CN(C(=O)c2ccco2)CC3)CC(C)O1. The number of amides is 1. The first-order chi connectivity index (χ1) is 15.1. The minimum absolute atomic E-state index is 0.0996. The van der Waals surface area contributed by atoms with Crippen LogP contribution in [0.3, 0.4) is 0 Å². The number of fused-ring (bicyclic) bond motifs is 1. The van der Waals surface area contributed by atoms with E-state index < -0.39 is 0 Å². The molecule has 2 atom stereocenters. The molecule has 2 unspecified atom stereocenters. The summed E-state index contributed by atoms with van der Waals surface area (Å²) in [5.74, 6) is 1.90. The van der Waals surface area contributed by atoms with E-state index >= 15 is 0 Å². The third-order valence-electron chi connectivity index (χ3n) is 5.81. The van der Waals surface area contributed by atoms with Crippen LogP contribution in [-0.2, 0) is 17.7 Å². The summed E-state index contributed by atoms with van der Waals surface area (Å²) in [6.45, 7) is 6.76. The Labute approximate surface area is 181 Å². The number of aromatic nitrogens is 2. The van der Waals surface area contributed by atoms with Gasteiger partial charge in [0.2, 0.25) is 0 Å². The Kier molecular flexibility index (Phi) is 5.19. The van der Waals surface area contributed by atoms with Gasteiger partial charge in [-0.1, -0.05) is 30.3 Å². The van der Waals surface area contributed by atoms with Crippen LogP contribution >= 0.6 is 0 Å². The molecule has 160 valence electrons. The molecule has 2 aliphatic rings. The van der Waals surface area contributed by atoms with Gasteiger partial charge in [0.15, 0.2) is 11.6 Å². The normalized spacial score (nSPS) is 21.1. The molecule has 2 aliphatic heterocycles. The average Bonchev–Trinajstić information content (AvgIpc) is 3.32. The fourth-order valence-corrected chi connectivity index (χ4v) is 4.45. The van der Waals surface area contributed by atoms with Gasteiger partial charge in [-0.05, 0) is 26.0 Å². The molecule has 31 heavy (non-hydrogen) atoms. The van der Waals surface area contributed by atoms with Crippen LogP contribution in [0.5, 0.6) is 0 Å². The first-order valence-electron chi connectivity index (χ1n) is 10.8. The minimum atomic E-state index is -0.0996. The second kappa shape index (κ2) is 8.15. The van der Waals surface area contributed by atoms with Gasteiger partial charge in [0, 0.05) is 37.2 Å². The van der Waals surface area contributed by atoms with Crippen molar-refractivity contribution in [2.24, 2.45) is 0 Å². The standard InChI is InChI=1S/C24H26N4O3/c1-16-13-28(14-17(2)31-16)23-19-15-27(24(29)21-9-6-12-30-21)11-10-20(19)25-22(26-23)18-7-4-3-5-8-18/h3-9,12,16-17H,10-11,13-15H2,1-2H3. The molecule has 7 nitrogen and oxygen atoms in total. The predicted octanol–water partition coefficient (Wildman–Crippen LogP) is 3.55. The largest absolute Gasteiger partial charge is 0.459 e. The summed E-state index contributed by atoms with van der Waals surface area (Å²) in [7, 11) is 0. The van der Waals surface area contributed by atoms with E-state index in [1.54, 1.807) is 12.1 Å². The first-order valence-corrected chi connectivity index (χ1v) is 10.8. The number of rotatable bonds is 3. The maximum absolute atomic E-state index is 12.9. The van der Waals surface area contributed by atoms with Crippen molar-refractivity contribution in [3.63, 3.8) is 0 Å². The molecule has 1 amide bonds. The van der Waals surface area contributed by atoms with Crippen LogP contribution < -0.4 is 4.90 Å². The zero-order chi connectivity index (χ0) is 21.4. The Morgan fingerprint density at radius 2 is 1.81 bits per heavy atom. The Balaban J connectivity index is 1.55. The molecule has 1 saturated heterocycles. The van der Waals surface area contributed by atoms with Crippen molar-refractivity contribution in [3.8, 4) is 11.4 Å². The van der Waals surface area contributed by atoms with E-state index in [1.807, 2.05) is 35.2 Å². The van der Waals surface area contributed by atoms with E-state index in [-0.39, 0.29) is 18.1 Å². The van der Waals surface area contributed by atoms with E-state index in [9.17, 15) is 4.79 Å². The molecule has 1 aromatic carbocycles. The number of ether oxygens (including phenoxy) is 1. The summed E-state index contributed by atoms with van der Waals surface area (Å²) in [5, 5.41) is 0. The monoisotopic (exact) mass is 418 g/mol. The van der Waals surface area contributed by atoms with Crippen LogP contribution in [0.25, 0.3) is 11.4 Å². The number of hydrogen-bond donors (Lipinski definition) is 0. The number of carbonyl (C=O) groups is 1. The fourth-order valence-electron chi connectivity index (χ4n) is 4.45. The van der Waals surface area contributed by atoms with Crippen LogP contribution in [-0.4, -0.2) is 52.6 Å². The van der Waals surface area contributed by atoms with Crippen molar-refractivity contribution in [1.82, 2.24) is 14.9 Å². The zero-order valence-electron chi connectivity index (χ0n) is 17.8. The second-order valence-electron chi connectivity index (χ2n) is 8.28. The molecule has 0 spiro atoms. The van der Waals surface area contributed by atoms with Gasteiger partial charge in [-0.3, -0.25) is 4.79 Å². The number of anilines is 1. The molecule has 7 heteroatoms. The Morgan fingerprint density at radius 3 is 2.52 bits per heavy atom. The Hall–Kier alpha value is -3.19. The summed E-state index contributed by atoms with van der Waals surface area (Å²) in [6.07, 6.45) is 2.44. The number of benzene rings is 1. The van der Waals surface area contributed by atoms with Gasteiger partial charge < -0.3 is 19.0 Å². The van der Waals surface area contributed by atoms with Gasteiger partial charge >= 0.3 is 0 Å². The molecule has 0 aliphatic carbocycles. The van der Waals surface area contributed by atoms with E-state index in [1.165, 1.54) is 6.26 Å². The molecule has 4 heterocycles.